The van der Waals surface area contributed by atoms with Crippen molar-refractivity contribution in [3.63, 3.8) is 0 Å². The van der Waals surface area contributed by atoms with Crippen LogP contribution >= 0.6 is 0 Å². The Morgan fingerprint density at radius 2 is 0.875 bits per heavy atom. The SMILES string of the molecule is COCCOCCOCCOCCOCCOCCOCCOCCOC1CCCCO1. The van der Waals surface area contributed by atoms with Gasteiger partial charge in [-0.05, 0) is 19.3 Å². The molecule has 0 aromatic heterocycles. The normalized spacial score (nSPS) is 16.6. The Labute approximate surface area is 193 Å². The summed E-state index contributed by atoms with van der Waals surface area (Å²) in [5.74, 6) is 0. The molecular formula is C22H44O10. The Bertz CT molecular complexity index is 356. The molecule has 1 rings (SSSR count). The highest BCUT2D eigenvalue weighted by molar-refractivity contribution is 4.53. The van der Waals surface area contributed by atoms with Gasteiger partial charge in [0.25, 0.3) is 0 Å². The molecule has 1 heterocycles. The maximum absolute atomic E-state index is 5.59. The van der Waals surface area contributed by atoms with E-state index in [1.54, 1.807) is 7.11 Å². The van der Waals surface area contributed by atoms with Gasteiger partial charge in [0.2, 0.25) is 0 Å². The molecule has 1 aliphatic heterocycles. The van der Waals surface area contributed by atoms with Gasteiger partial charge in [-0.15, -0.1) is 0 Å². The van der Waals surface area contributed by atoms with E-state index in [4.69, 9.17) is 47.4 Å². The first-order valence-corrected chi connectivity index (χ1v) is 11.7. The molecule has 0 N–H and O–H groups in total. The van der Waals surface area contributed by atoms with E-state index in [-0.39, 0.29) is 6.29 Å². The van der Waals surface area contributed by atoms with Gasteiger partial charge in [0.05, 0.1) is 106 Å². The third kappa shape index (κ3) is 21.4. The molecule has 0 aromatic rings. The molecule has 0 radical (unpaired) electrons. The predicted molar refractivity (Wildman–Crippen MR) is 117 cm³/mol. The Morgan fingerprint density at radius 1 is 0.500 bits per heavy atom. The summed E-state index contributed by atoms with van der Waals surface area (Å²) in [7, 11) is 1.65. The van der Waals surface area contributed by atoms with E-state index in [9.17, 15) is 0 Å². The monoisotopic (exact) mass is 468 g/mol. The van der Waals surface area contributed by atoms with Crippen LogP contribution in [0.5, 0.6) is 0 Å². The highest BCUT2D eigenvalue weighted by Gasteiger charge is 2.13. The summed E-state index contributed by atoms with van der Waals surface area (Å²) in [6.45, 7) is 9.62. The number of rotatable bonds is 25. The lowest BCUT2D eigenvalue weighted by Gasteiger charge is -2.22. The Morgan fingerprint density at radius 3 is 1.22 bits per heavy atom. The van der Waals surface area contributed by atoms with Crippen LogP contribution in [-0.4, -0.2) is 126 Å². The summed E-state index contributed by atoms with van der Waals surface area (Å²) in [4.78, 5) is 0. The summed E-state index contributed by atoms with van der Waals surface area (Å²) in [6.07, 6.45) is 3.22. The molecule has 1 aliphatic rings. The fraction of sp³-hybridized carbons (Fsp3) is 1.00. The molecule has 0 amide bonds. The zero-order chi connectivity index (χ0) is 22.8. The molecule has 0 bridgehead atoms. The molecule has 0 spiro atoms. The maximum atomic E-state index is 5.59. The van der Waals surface area contributed by atoms with E-state index in [1.165, 1.54) is 6.42 Å². The molecule has 1 saturated heterocycles. The van der Waals surface area contributed by atoms with E-state index < -0.39 is 0 Å². The van der Waals surface area contributed by atoms with Gasteiger partial charge in [0, 0.05) is 13.7 Å². The zero-order valence-electron chi connectivity index (χ0n) is 19.8. The molecule has 1 fully saturated rings. The van der Waals surface area contributed by atoms with Crippen molar-refractivity contribution in [1.29, 1.82) is 0 Å². The Hall–Kier alpha value is -0.400. The lowest BCUT2D eigenvalue weighted by atomic mass is 10.2. The van der Waals surface area contributed by atoms with Gasteiger partial charge in [-0.25, -0.2) is 0 Å². The van der Waals surface area contributed by atoms with Crippen LogP contribution in [0.25, 0.3) is 0 Å². The minimum Gasteiger partial charge on any atom is -0.382 e. The first-order valence-electron chi connectivity index (χ1n) is 11.7. The van der Waals surface area contributed by atoms with Crippen LogP contribution in [-0.2, 0) is 47.4 Å². The van der Waals surface area contributed by atoms with Crippen LogP contribution in [0.2, 0.25) is 0 Å². The smallest absolute Gasteiger partial charge is 0.157 e. The van der Waals surface area contributed by atoms with Crippen molar-refractivity contribution in [2.75, 3.05) is 119 Å². The van der Waals surface area contributed by atoms with Crippen LogP contribution in [0.3, 0.4) is 0 Å². The van der Waals surface area contributed by atoms with E-state index in [2.05, 4.69) is 0 Å². The van der Waals surface area contributed by atoms with E-state index in [0.717, 1.165) is 19.4 Å². The number of ether oxygens (including phenoxy) is 10. The van der Waals surface area contributed by atoms with E-state index >= 15 is 0 Å². The molecule has 1 atom stereocenters. The average molecular weight is 469 g/mol. The molecular weight excluding hydrogens is 424 g/mol. The summed E-state index contributed by atoms with van der Waals surface area (Å²) < 4.78 is 53.8. The zero-order valence-corrected chi connectivity index (χ0v) is 19.8. The summed E-state index contributed by atoms with van der Waals surface area (Å²) in [5, 5.41) is 0. The molecule has 0 saturated carbocycles. The van der Waals surface area contributed by atoms with Gasteiger partial charge in [-0.3, -0.25) is 0 Å². The van der Waals surface area contributed by atoms with Gasteiger partial charge in [-0.2, -0.15) is 0 Å². The van der Waals surface area contributed by atoms with E-state index in [1.807, 2.05) is 0 Å². The highest BCUT2D eigenvalue weighted by atomic mass is 16.7. The molecule has 10 nitrogen and oxygen atoms in total. The fourth-order valence-electron chi connectivity index (χ4n) is 2.64. The standard InChI is InChI=1S/C22H44O10/c1-23-6-7-24-8-9-25-10-11-26-12-13-27-14-15-28-16-17-29-18-19-30-20-21-32-22-4-2-3-5-31-22/h22H,2-21H2,1H3. The number of methoxy groups -OCH3 is 1. The molecule has 1 unspecified atom stereocenters. The molecule has 32 heavy (non-hydrogen) atoms. The first kappa shape index (κ1) is 29.6. The largest absolute Gasteiger partial charge is 0.382 e. The predicted octanol–water partition coefficient (Wildman–Crippen LogP) is 1.29. The van der Waals surface area contributed by atoms with Crippen molar-refractivity contribution in [2.24, 2.45) is 0 Å². The third-order valence-electron chi connectivity index (χ3n) is 4.33. The van der Waals surface area contributed by atoms with Crippen LogP contribution < -0.4 is 0 Å². The van der Waals surface area contributed by atoms with Gasteiger partial charge < -0.3 is 47.4 Å². The molecule has 192 valence electrons. The molecule has 10 heteroatoms. The molecule has 0 aromatic carbocycles. The lowest BCUT2D eigenvalue weighted by Crippen LogP contribution is -2.24. The Kier molecular flexibility index (Phi) is 23.4. The van der Waals surface area contributed by atoms with Crippen LogP contribution in [0.1, 0.15) is 19.3 Å². The topological polar surface area (TPSA) is 92.3 Å². The summed E-state index contributed by atoms with van der Waals surface area (Å²) >= 11 is 0. The second-order valence-corrected chi connectivity index (χ2v) is 6.95. The summed E-state index contributed by atoms with van der Waals surface area (Å²) in [6, 6.07) is 0. The van der Waals surface area contributed by atoms with E-state index in [0.29, 0.717) is 106 Å². The van der Waals surface area contributed by atoms with Crippen LogP contribution in [0, 0.1) is 0 Å². The van der Waals surface area contributed by atoms with Crippen molar-refractivity contribution in [3.8, 4) is 0 Å². The summed E-state index contributed by atoms with van der Waals surface area (Å²) in [5.41, 5.74) is 0. The Balaban J connectivity index is 1.62. The first-order chi connectivity index (χ1) is 15.9. The second kappa shape index (κ2) is 25.2. The van der Waals surface area contributed by atoms with Gasteiger partial charge in [-0.1, -0.05) is 0 Å². The quantitative estimate of drug-likeness (QED) is 0.183. The fourth-order valence-corrected chi connectivity index (χ4v) is 2.64. The van der Waals surface area contributed by atoms with Crippen molar-refractivity contribution in [1.82, 2.24) is 0 Å². The van der Waals surface area contributed by atoms with Crippen molar-refractivity contribution >= 4 is 0 Å². The lowest BCUT2D eigenvalue weighted by molar-refractivity contribution is -0.169. The minimum absolute atomic E-state index is 0.0562. The van der Waals surface area contributed by atoms with Gasteiger partial charge in [0.1, 0.15) is 0 Å². The third-order valence-corrected chi connectivity index (χ3v) is 4.33. The van der Waals surface area contributed by atoms with Crippen molar-refractivity contribution < 1.29 is 47.4 Å². The number of hydrogen-bond donors (Lipinski definition) is 0. The maximum Gasteiger partial charge on any atom is 0.157 e. The van der Waals surface area contributed by atoms with Crippen molar-refractivity contribution in [2.45, 2.75) is 25.6 Å². The number of hydrogen-bond acceptors (Lipinski definition) is 10. The second-order valence-electron chi connectivity index (χ2n) is 6.95. The van der Waals surface area contributed by atoms with Crippen molar-refractivity contribution in [3.05, 3.63) is 0 Å². The minimum atomic E-state index is -0.0562. The van der Waals surface area contributed by atoms with Crippen LogP contribution in [0.15, 0.2) is 0 Å². The van der Waals surface area contributed by atoms with Gasteiger partial charge >= 0.3 is 0 Å². The average Bonchev–Trinajstić information content (AvgIpc) is 2.82. The van der Waals surface area contributed by atoms with Gasteiger partial charge in [0.15, 0.2) is 6.29 Å². The molecule has 0 aliphatic carbocycles. The van der Waals surface area contributed by atoms with Crippen LogP contribution in [0.4, 0.5) is 0 Å². The highest BCUT2D eigenvalue weighted by Crippen LogP contribution is 2.13.